The third-order valence-electron chi connectivity index (χ3n) is 3.31. The maximum atomic E-state index is 9.86. The number of hydrogen-bond acceptors (Lipinski definition) is 3. The van der Waals surface area contributed by atoms with Gasteiger partial charge < -0.3 is 15.6 Å². The van der Waals surface area contributed by atoms with Crippen LogP contribution < -0.4 is 5.73 Å². The highest BCUT2D eigenvalue weighted by Gasteiger charge is 2.36. The second-order valence-electron chi connectivity index (χ2n) is 4.33. The predicted molar refractivity (Wildman–Crippen MR) is 57.0 cm³/mol. The van der Waals surface area contributed by atoms with Gasteiger partial charge in [0.1, 0.15) is 0 Å². The maximum absolute atomic E-state index is 9.86. The lowest BCUT2D eigenvalue weighted by Crippen LogP contribution is -2.51. The summed E-state index contributed by atoms with van der Waals surface area (Å²) in [6.07, 6.45) is 5.06. The molecule has 3 N–H and O–H groups in total. The van der Waals surface area contributed by atoms with Crippen LogP contribution >= 0.6 is 0 Å². The fourth-order valence-electron chi connectivity index (χ4n) is 2.37. The molecule has 4 atom stereocenters. The fraction of sp³-hybridized carbons (Fsp3) is 1.00. The molecule has 0 heterocycles. The summed E-state index contributed by atoms with van der Waals surface area (Å²) in [6, 6.07) is -0.0992. The Morgan fingerprint density at radius 3 is 2.71 bits per heavy atom. The molecule has 0 aliphatic heterocycles. The Bertz CT molecular complexity index is 161. The second kappa shape index (κ2) is 5.69. The van der Waals surface area contributed by atoms with Crippen molar-refractivity contribution < 1.29 is 9.84 Å². The summed E-state index contributed by atoms with van der Waals surface area (Å²) in [5.41, 5.74) is 5.81. The minimum atomic E-state index is -0.476. The molecule has 1 aliphatic rings. The van der Waals surface area contributed by atoms with E-state index in [0.717, 1.165) is 19.3 Å². The number of aliphatic hydroxyl groups is 1. The first-order chi connectivity index (χ1) is 6.70. The van der Waals surface area contributed by atoms with E-state index < -0.39 is 6.10 Å². The Balaban J connectivity index is 2.48. The van der Waals surface area contributed by atoms with Gasteiger partial charge in [-0.2, -0.15) is 0 Å². The van der Waals surface area contributed by atoms with Crippen molar-refractivity contribution in [1.29, 1.82) is 0 Å². The SMILES string of the molecule is CCCCC1CC[C@H](N)[C@@H](O)[C@@H]1OC. The minimum Gasteiger partial charge on any atom is -0.389 e. The molecule has 0 aromatic rings. The molecule has 0 saturated heterocycles. The van der Waals surface area contributed by atoms with E-state index in [9.17, 15) is 5.11 Å². The van der Waals surface area contributed by atoms with Crippen molar-refractivity contribution in [3.05, 3.63) is 0 Å². The van der Waals surface area contributed by atoms with Gasteiger partial charge in [0.2, 0.25) is 0 Å². The highest BCUT2D eigenvalue weighted by Crippen LogP contribution is 2.30. The van der Waals surface area contributed by atoms with Crippen LogP contribution in [0.2, 0.25) is 0 Å². The third-order valence-corrected chi connectivity index (χ3v) is 3.31. The average Bonchev–Trinajstić information content (AvgIpc) is 2.20. The quantitative estimate of drug-likeness (QED) is 0.720. The molecule has 0 spiro atoms. The number of nitrogens with two attached hydrogens (primary N) is 1. The lowest BCUT2D eigenvalue weighted by Gasteiger charge is -2.38. The van der Waals surface area contributed by atoms with Gasteiger partial charge in [-0.1, -0.05) is 19.8 Å². The summed E-state index contributed by atoms with van der Waals surface area (Å²) < 4.78 is 5.35. The predicted octanol–water partition coefficient (Wildman–Crippen LogP) is 1.29. The van der Waals surface area contributed by atoms with Crippen LogP contribution in [-0.2, 0) is 4.74 Å². The first-order valence-corrected chi connectivity index (χ1v) is 5.67. The van der Waals surface area contributed by atoms with Gasteiger partial charge in [0.25, 0.3) is 0 Å². The van der Waals surface area contributed by atoms with Gasteiger partial charge >= 0.3 is 0 Å². The Hall–Kier alpha value is -0.120. The van der Waals surface area contributed by atoms with Crippen molar-refractivity contribution >= 4 is 0 Å². The molecule has 1 aliphatic carbocycles. The molecule has 3 heteroatoms. The van der Waals surface area contributed by atoms with E-state index in [0.29, 0.717) is 5.92 Å². The summed E-state index contributed by atoms with van der Waals surface area (Å²) in [5.74, 6) is 0.495. The summed E-state index contributed by atoms with van der Waals surface area (Å²) >= 11 is 0. The average molecular weight is 201 g/mol. The van der Waals surface area contributed by atoms with Crippen LogP contribution in [-0.4, -0.2) is 30.5 Å². The summed E-state index contributed by atoms with van der Waals surface area (Å²) in [6.45, 7) is 2.19. The highest BCUT2D eigenvalue weighted by molar-refractivity contribution is 4.90. The first-order valence-electron chi connectivity index (χ1n) is 5.67. The van der Waals surface area contributed by atoms with Gasteiger partial charge in [-0.15, -0.1) is 0 Å². The monoisotopic (exact) mass is 201 g/mol. The van der Waals surface area contributed by atoms with Crippen LogP contribution in [0.1, 0.15) is 39.0 Å². The van der Waals surface area contributed by atoms with Crippen LogP contribution in [0.5, 0.6) is 0 Å². The Morgan fingerprint density at radius 2 is 2.14 bits per heavy atom. The Kier molecular flexibility index (Phi) is 4.85. The largest absolute Gasteiger partial charge is 0.389 e. The van der Waals surface area contributed by atoms with E-state index >= 15 is 0 Å². The zero-order valence-corrected chi connectivity index (χ0v) is 9.28. The standard InChI is InChI=1S/C11H23NO2/c1-3-4-5-8-6-7-9(12)10(13)11(8)14-2/h8-11,13H,3-7,12H2,1-2H3/t8?,9-,10+,11+/m0/s1. The highest BCUT2D eigenvalue weighted by atomic mass is 16.5. The summed E-state index contributed by atoms with van der Waals surface area (Å²) in [4.78, 5) is 0. The number of aliphatic hydroxyl groups excluding tert-OH is 1. The Morgan fingerprint density at radius 1 is 1.43 bits per heavy atom. The van der Waals surface area contributed by atoms with Crippen LogP contribution in [0, 0.1) is 5.92 Å². The number of hydrogen-bond donors (Lipinski definition) is 2. The zero-order valence-electron chi connectivity index (χ0n) is 9.28. The summed E-state index contributed by atoms with van der Waals surface area (Å²) in [7, 11) is 1.67. The van der Waals surface area contributed by atoms with Gasteiger partial charge in [0, 0.05) is 13.2 Å². The van der Waals surface area contributed by atoms with Gasteiger partial charge in [0.15, 0.2) is 0 Å². The molecule has 14 heavy (non-hydrogen) atoms. The normalized spacial score (nSPS) is 38.6. The van der Waals surface area contributed by atoms with Crippen molar-refractivity contribution in [2.45, 2.75) is 57.3 Å². The zero-order chi connectivity index (χ0) is 10.6. The molecular weight excluding hydrogens is 178 g/mol. The lowest BCUT2D eigenvalue weighted by atomic mass is 9.79. The molecule has 1 fully saturated rings. The summed E-state index contributed by atoms with van der Waals surface area (Å²) in [5, 5.41) is 9.86. The maximum Gasteiger partial charge on any atom is 0.0954 e. The van der Waals surface area contributed by atoms with Crippen molar-refractivity contribution in [2.24, 2.45) is 11.7 Å². The van der Waals surface area contributed by atoms with E-state index in [1.165, 1.54) is 12.8 Å². The van der Waals surface area contributed by atoms with Crippen LogP contribution in [0.3, 0.4) is 0 Å². The van der Waals surface area contributed by atoms with Crippen molar-refractivity contribution in [3.8, 4) is 0 Å². The van der Waals surface area contributed by atoms with Crippen LogP contribution in [0.25, 0.3) is 0 Å². The minimum absolute atomic E-state index is 0.0506. The molecule has 0 amide bonds. The smallest absolute Gasteiger partial charge is 0.0954 e. The van der Waals surface area contributed by atoms with Gasteiger partial charge in [-0.05, 0) is 25.2 Å². The number of rotatable bonds is 4. The van der Waals surface area contributed by atoms with E-state index in [4.69, 9.17) is 10.5 Å². The van der Waals surface area contributed by atoms with Crippen LogP contribution in [0.4, 0.5) is 0 Å². The molecule has 84 valence electrons. The van der Waals surface area contributed by atoms with Crippen molar-refractivity contribution in [1.82, 2.24) is 0 Å². The van der Waals surface area contributed by atoms with E-state index in [1.807, 2.05) is 0 Å². The number of ether oxygens (including phenoxy) is 1. The Labute approximate surface area is 86.6 Å². The molecule has 0 aromatic carbocycles. The van der Waals surface area contributed by atoms with E-state index in [-0.39, 0.29) is 12.1 Å². The van der Waals surface area contributed by atoms with Gasteiger partial charge in [-0.3, -0.25) is 0 Å². The fourth-order valence-corrected chi connectivity index (χ4v) is 2.37. The molecular formula is C11H23NO2. The molecule has 0 bridgehead atoms. The van der Waals surface area contributed by atoms with Crippen LogP contribution in [0.15, 0.2) is 0 Å². The third kappa shape index (κ3) is 2.69. The topological polar surface area (TPSA) is 55.5 Å². The van der Waals surface area contributed by atoms with Crippen molar-refractivity contribution in [3.63, 3.8) is 0 Å². The number of unbranched alkanes of at least 4 members (excludes halogenated alkanes) is 1. The van der Waals surface area contributed by atoms with E-state index in [1.54, 1.807) is 7.11 Å². The molecule has 0 radical (unpaired) electrons. The van der Waals surface area contributed by atoms with E-state index in [2.05, 4.69) is 6.92 Å². The van der Waals surface area contributed by atoms with Crippen molar-refractivity contribution in [2.75, 3.05) is 7.11 Å². The second-order valence-corrected chi connectivity index (χ2v) is 4.33. The number of methoxy groups -OCH3 is 1. The van der Waals surface area contributed by atoms with Gasteiger partial charge in [0.05, 0.1) is 12.2 Å². The molecule has 1 saturated carbocycles. The van der Waals surface area contributed by atoms with Gasteiger partial charge in [-0.25, -0.2) is 0 Å². The molecule has 3 nitrogen and oxygen atoms in total. The molecule has 0 aromatic heterocycles. The first kappa shape index (κ1) is 12.0. The molecule has 1 rings (SSSR count). The molecule has 1 unspecified atom stereocenters. The lowest BCUT2D eigenvalue weighted by molar-refractivity contribution is -0.0802.